The Bertz CT molecular complexity index is 900. The molecular weight excluding hydrogens is 372 g/mol. The van der Waals surface area contributed by atoms with Crippen molar-refractivity contribution in [3.05, 3.63) is 51.6 Å². The highest BCUT2D eigenvalue weighted by atomic mass is 32.2. The lowest BCUT2D eigenvalue weighted by molar-refractivity contribution is -0.113. The molecule has 0 atom stereocenters. The van der Waals surface area contributed by atoms with Crippen molar-refractivity contribution in [2.45, 2.75) is 4.90 Å². The average Bonchev–Trinajstić information content (AvgIpc) is 3.08. The van der Waals surface area contributed by atoms with Gasteiger partial charge in [-0.2, -0.15) is 0 Å². The summed E-state index contributed by atoms with van der Waals surface area (Å²) in [5, 5.41) is 7.00. The first-order valence-corrected chi connectivity index (χ1v) is 9.96. The number of amides is 1. The number of thiocarbonyl (C=S) groups is 1. The van der Waals surface area contributed by atoms with E-state index in [-0.39, 0.29) is 10.8 Å². The molecule has 0 aliphatic carbocycles. The Morgan fingerprint density at radius 3 is 2.43 bits per heavy atom. The molecule has 2 aromatic rings. The van der Waals surface area contributed by atoms with Crippen molar-refractivity contribution in [1.29, 1.82) is 0 Å². The summed E-state index contributed by atoms with van der Waals surface area (Å²) in [7, 11) is -3.77. The number of nitrogens with zero attached hydrogens (tertiary/aromatic N) is 1. The SMILES string of the molecule is NS(=O)(=O)c1ccc(N2C(=O)/C(=C\c3cccs3)SC2=S)cc1. The molecule has 23 heavy (non-hydrogen) atoms. The Hall–Kier alpha value is -1.52. The van der Waals surface area contributed by atoms with Gasteiger partial charge in [-0.1, -0.05) is 30.0 Å². The van der Waals surface area contributed by atoms with Gasteiger partial charge >= 0.3 is 0 Å². The van der Waals surface area contributed by atoms with Crippen molar-refractivity contribution in [2.75, 3.05) is 4.90 Å². The standard InChI is InChI=1S/C14H10N2O3S4/c15-23(18,19)11-5-3-9(4-6-11)16-13(17)12(22-14(16)20)8-10-2-1-7-21-10/h1-8H,(H2,15,18,19)/b12-8+. The van der Waals surface area contributed by atoms with Gasteiger partial charge in [0.1, 0.15) is 0 Å². The van der Waals surface area contributed by atoms with Crippen molar-refractivity contribution >= 4 is 67.3 Å². The fourth-order valence-electron chi connectivity index (χ4n) is 1.98. The van der Waals surface area contributed by atoms with Crippen LogP contribution in [0.3, 0.4) is 0 Å². The Balaban J connectivity index is 1.91. The fraction of sp³-hybridized carbons (Fsp3) is 0. The lowest BCUT2D eigenvalue weighted by Gasteiger charge is -2.14. The number of sulfonamides is 1. The molecular formula is C14H10N2O3S4. The highest BCUT2D eigenvalue weighted by Gasteiger charge is 2.33. The summed E-state index contributed by atoms with van der Waals surface area (Å²) in [5.74, 6) is -0.225. The number of nitrogens with two attached hydrogens (primary N) is 1. The first-order valence-electron chi connectivity index (χ1n) is 6.30. The van der Waals surface area contributed by atoms with Gasteiger partial charge in [0.15, 0.2) is 4.32 Å². The second-order valence-electron chi connectivity index (χ2n) is 4.57. The number of thioether (sulfide) groups is 1. The lowest BCUT2D eigenvalue weighted by atomic mass is 10.3. The van der Waals surface area contributed by atoms with Crippen LogP contribution in [0.5, 0.6) is 0 Å². The van der Waals surface area contributed by atoms with E-state index in [1.54, 1.807) is 6.08 Å². The second-order valence-corrected chi connectivity index (χ2v) is 8.79. The third-order valence-corrected chi connectivity index (χ3v) is 6.08. The first-order chi connectivity index (χ1) is 10.9. The van der Waals surface area contributed by atoms with Gasteiger partial charge in [0.05, 0.1) is 15.5 Å². The van der Waals surface area contributed by atoms with E-state index in [2.05, 4.69) is 0 Å². The van der Waals surface area contributed by atoms with E-state index in [0.717, 1.165) is 4.88 Å². The number of carbonyl (C=O) groups excluding carboxylic acids is 1. The Morgan fingerprint density at radius 1 is 1.17 bits per heavy atom. The zero-order chi connectivity index (χ0) is 16.6. The van der Waals surface area contributed by atoms with E-state index in [1.165, 1.54) is 52.3 Å². The van der Waals surface area contributed by atoms with Gasteiger partial charge in [0.25, 0.3) is 5.91 Å². The molecule has 1 aliphatic heterocycles. The van der Waals surface area contributed by atoms with E-state index >= 15 is 0 Å². The topological polar surface area (TPSA) is 80.5 Å². The van der Waals surface area contributed by atoms with E-state index < -0.39 is 10.0 Å². The third-order valence-electron chi connectivity index (χ3n) is 3.03. The fourth-order valence-corrected chi connectivity index (χ4v) is 4.52. The van der Waals surface area contributed by atoms with Gasteiger partial charge in [-0.15, -0.1) is 11.3 Å². The summed E-state index contributed by atoms with van der Waals surface area (Å²) < 4.78 is 23.0. The smallest absolute Gasteiger partial charge is 0.268 e. The molecule has 0 spiro atoms. The van der Waals surface area contributed by atoms with Gasteiger partial charge < -0.3 is 0 Å². The molecule has 1 amide bonds. The second kappa shape index (κ2) is 6.17. The van der Waals surface area contributed by atoms with E-state index in [4.69, 9.17) is 17.4 Å². The molecule has 2 heterocycles. The number of benzene rings is 1. The summed E-state index contributed by atoms with van der Waals surface area (Å²) >= 11 is 8.01. The molecule has 1 fully saturated rings. The number of anilines is 1. The zero-order valence-corrected chi connectivity index (χ0v) is 14.8. The largest absolute Gasteiger partial charge is 0.270 e. The number of hydrogen-bond donors (Lipinski definition) is 1. The van der Waals surface area contributed by atoms with Gasteiger partial charge in [0, 0.05) is 4.88 Å². The minimum absolute atomic E-state index is 0.0131. The first kappa shape index (κ1) is 16.3. The number of thiophene rings is 1. The molecule has 1 aliphatic rings. The molecule has 1 aromatic heterocycles. The molecule has 0 bridgehead atoms. The normalized spacial score (nSPS) is 17.3. The molecule has 0 saturated carbocycles. The van der Waals surface area contributed by atoms with Crippen molar-refractivity contribution in [1.82, 2.24) is 0 Å². The number of primary sulfonamides is 1. The molecule has 118 valence electrons. The Labute approximate surface area is 146 Å². The van der Waals surface area contributed by atoms with E-state index in [1.807, 2.05) is 17.5 Å². The van der Waals surface area contributed by atoms with Crippen LogP contribution < -0.4 is 10.0 Å². The maximum absolute atomic E-state index is 12.5. The van der Waals surface area contributed by atoms with Crippen LogP contribution in [-0.4, -0.2) is 18.6 Å². The van der Waals surface area contributed by atoms with Crippen LogP contribution in [0.15, 0.2) is 51.6 Å². The molecule has 1 aromatic carbocycles. The summed E-state index contributed by atoms with van der Waals surface area (Å²) in [4.78, 5) is 15.4. The highest BCUT2D eigenvalue weighted by Crippen LogP contribution is 2.36. The maximum Gasteiger partial charge on any atom is 0.270 e. The number of rotatable bonds is 3. The Kier molecular flexibility index (Phi) is 4.39. The predicted octanol–water partition coefficient (Wildman–Crippen LogP) is 2.80. The van der Waals surface area contributed by atoms with Crippen LogP contribution in [-0.2, 0) is 14.8 Å². The molecule has 1 saturated heterocycles. The van der Waals surface area contributed by atoms with E-state index in [0.29, 0.717) is 14.9 Å². The van der Waals surface area contributed by atoms with Crippen LogP contribution in [0.4, 0.5) is 5.69 Å². The van der Waals surface area contributed by atoms with Crippen molar-refractivity contribution in [3.63, 3.8) is 0 Å². The molecule has 5 nitrogen and oxygen atoms in total. The number of hydrogen-bond acceptors (Lipinski definition) is 6. The Morgan fingerprint density at radius 2 is 1.87 bits per heavy atom. The third kappa shape index (κ3) is 3.38. The minimum Gasteiger partial charge on any atom is -0.268 e. The molecule has 3 rings (SSSR count). The van der Waals surface area contributed by atoms with Crippen LogP contribution in [0.1, 0.15) is 4.88 Å². The molecule has 0 radical (unpaired) electrons. The summed E-state index contributed by atoms with van der Waals surface area (Å²) in [6, 6.07) is 9.55. The summed E-state index contributed by atoms with van der Waals surface area (Å²) in [6.45, 7) is 0. The van der Waals surface area contributed by atoms with Crippen LogP contribution in [0.25, 0.3) is 6.08 Å². The van der Waals surface area contributed by atoms with Crippen LogP contribution >= 0.6 is 35.3 Å². The van der Waals surface area contributed by atoms with Gasteiger partial charge in [-0.3, -0.25) is 9.69 Å². The van der Waals surface area contributed by atoms with Crippen LogP contribution in [0, 0.1) is 0 Å². The van der Waals surface area contributed by atoms with Gasteiger partial charge in [-0.05, 0) is 41.8 Å². The molecule has 2 N–H and O–H groups in total. The van der Waals surface area contributed by atoms with Crippen molar-refractivity contribution in [3.8, 4) is 0 Å². The van der Waals surface area contributed by atoms with Gasteiger partial charge in [0.2, 0.25) is 10.0 Å². The van der Waals surface area contributed by atoms with Crippen molar-refractivity contribution < 1.29 is 13.2 Å². The maximum atomic E-state index is 12.5. The van der Waals surface area contributed by atoms with Crippen molar-refractivity contribution in [2.24, 2.45) is 5.14 Å². The van der Waals surface area contributed by atoms with Gasteiger partial charge in [-0.25, -0.2) is 13.6 Å². The predicted molar refractivity (Wildman–Crippen MR) is 97.8 cm³/mol. The average molecular weight is 383 g/mol. The zero-order valence-electron chi connectivity index (χ0n) is 11.5. The number of carbonyl (C=O) groups is 1. The quantitative estimate of drug-likeness (QED) is 0.652. The molecule has 9 heteroatoms. The van der Waals surface area contributed by atoms with Crippen LogP contribution in [0.2, 0.25) is 0 Å². The summed E-state index contributed by atoms with van der Waals surface area (Å²) in [5.41, 5.74) is 0.509. The lowest BCUT2D eigenvalue weighted by Crippen LogP contribution is -2.27. The summed E-state index contributed by atoms with van der Waals surface area (Å²) in [6.07, 6.45) is 1.79. The monoisotopic (exact) mass is 382 g/mol. The molecule has 0 unspecified atom stereocenters. The van der Waals surface area contributed by atoms with E-state index in [9.17, 15) is 13.2 Å². The minimum atomic E-state index is -3.77. The highest BCUT2D eigenvalue weighted by molar-refractivity contribution is 8.27.